The molecular weight excluding hydrogens is 552 g/mol. The second-order valence-corrected chi connectivity index (χ2v) is 11.6. The number of carbonyl (C=O) groups is 2. The number of benzene rings is 1. The van der Waals surface area contributed by atoms with E-state index < -0.39 is 0 Å². The molecule has 8 rings (SSSR count). The molecule has 0 spiro atoms. The molecule has 44 heavy (non-hydrogen) atoms. The van der Waals surface area contributed by atoms with E-state index in [2.05, 4.69) is 65.0 Å². The highest BCUT2D eigenvalue weighted by molar-refractivity contribution is 5.94. The van der Waals surface area contributed by atoms with Gasteiger partial charge in [-0.2, -0.15) is 0 Å². The predicted molar refractivity (Wildman–Crippen MR) is 175 cm³/mol. The topological polar surface area (TPSA) is 115 Å². The fraction of sp³-hybridized carbons (Fsp3) is 0.441. The molecule has 1 unspecified atom stereocenters. The van der Waals surface area contributed by atoms with Crippen LogP contribution in [0.15, 0.2) is 67.1 Å². The normalized spacial score (nSPS) is 21.8. The molecule has 232 valence electrons. The fourth-order valence-electron chi connectivity index (χ4n) is 5.76. The van der Waals surface area contributed by atoms with E-state index in [-0.39, 0.29) is 17.7 Å². The van der Waals surface area contributed by atoms with Crippen LogP contribution in [0.3, 0.4) is 0 Å². The van der Waals surface area contributed by atoms with Crippen LogP contribution in [0.5, 0.6) is 0 Å². The van der Waals surface area contributed by atoms with Gasteiger partial charge in [-0.15, -0.1) is 0 Å². The molecule has 7 heterocycles. The van der Waals surface area contributed by atoms with Crippen molar-refractivity contribution in [2.24, 2.45) is 0 Å². The maximum atomic E-state index is 13.4. The lowest BCUT2D eigenvalue weighted by molar-refractivity contribution is -0.121. The number of amides is 1. The number of nitrogens with zero attached hydrogens (tertiary/aromatic N) is 5. The molecule has 1 atom stereocenters. The zero-order valence-corrected chi connectivity index (χ0v) is 25.7. The van der Waals surface area contributed by atoms with Crippen LogP contribution in [0.1, 0.15) is 51.0 Å². The Kier molecular flexibility index (Phi) is 11.4. The highest BCUT2D eigenvalue weighted by Gasteiger charge is 2.27. The van der Waals surface area contributed by atoms with Crippen LogP contribution in [0, 0.1) is 0 Å². The number of ketones is 1. The summed E-state index contributed by atoms with van der Waals surface area (Å²) >= 11 is 0. The van der Waals surface area contributed by atoms with Gasteiger partial charge in [0.2, 0.25) is 11.9 Å². The number of nitrogens with one attached hydrogen (secondary N) is 3. The molecule has 1 aromatic carbocycles. The zero-order valence-electron chi connectivity index (χ0n) is 25.7. The Labute approximate surface area is 260 Å². The first-order valence-electron chi connectivity index (χ1n) is 15.8. The standard InChI is InChI=1S/C34H44N8O2/c1-26(43)35-14-7-5-11-31-32(44)12-4-2-3-6-15-37-34-38-23-29(24-39-34)28-13-16-36-33(22-28)40-30-10-8-9-27(21-30)25-41-17-19-42(31)20-18-41/h4,8-10,12-13,16,21-24,31H,2-3,5-7,11,14-15,17-20,25H2,1H3,(H,35,43)(H,36,40)(H,37,38,39)/b12-4-. The lowest BCUT2D eigenvalue weighted by Gasteiger charge is -2.38. The number of pyridine rings is 1. The minimum atomic E-state index is -0.127. The van der Waals surface area contributed by atoms with Crippen molar-refractivity contribution in [1.29, 1.82) is 0 Å². The molecule has 10 heteroatoms. The highest BCUT2D eigenvalue weighted by atomic mass is 16.1. The lowest BCUT2D eigenvalue weighted by atomic mass is 10.0. The van der Waals surface area contributed by atoms with Crippen molar-refractivity contribution >= 4 is 29.1 Å². The monoisotopic (exact) mass is 596 g/mol. The molecule has 0 aliphatic carbocycles. The van der Waals surface area contributed by atoms with E-state index in [1.807, 2.05) is 30.6 Å². The molecule has 8 bridgehead atoms. The molecule has 10 nitrogen and oxygen atoms in total. The van der Waals surface area contributed by atoms with Crippen LogP contribution in [0.2, 0.25) is 0 Å². The van der Waals surface area contributed by atoms with Gasteiger partial charge >= 0.3 is 0 Å². The van der Waals surface area contributed by atoms with Gasteiger partial charge in [-0.25, -0.2) is 15.0 Å². The Morgan fingerprint density at radius 2 is 1.84 bits per heavy atom. The minimum Gasteiger partial charge on any atom is -0.356 e. The smallest absolute Gasteiger partial charge is 0.222 e. The molecule has 1 amide bonds. The lowest BCUT2D eigenvalue weighted by Crippen LogP contribution is -2.52. The van der Waals surface area contributed by atoms with Crippen LogP contribution < -0.4 is 16.0 Å². The SMILES string of the molecule is CC(=O)NCCCCC1C(=O)/C=C\CCCCNc2ncc(cn2)-c2ccnc(c2)Nc2cccc(c2)CN2CCN1CC2. The third-order valence-corrected chi connectivity index (χ3v) is 8.17. The molecule has 1 fully saturated rings. The first-order chi connectivity index (χ1) is 21.5. The highest BCUT2D eigenvalue weighted by Crippen LogP contribution is 2.24. The second kappa shape index (κ2) is 16.1. The minimum absolute atomic E-state index is 0.0109. The van der Waals surface area contributed by atoms with Gasteiger partial charge in [0.05, 0.1) is 6.04 Å². The first-order valence-corrected chi connectivity index (χ1v) is 15.8. The molecule has 3 N–H and O–H groups in total. The molecule has 5 aliphatic heterocycles. The van der Waals surface area contributed by atoms with Crippen molar-refractivity contribution in [2.45, 2.75) is 58.0 Å². The van der Waals surface area contributed by atoms with Gasteiger partial charge in [-0.3, -0.25) is 19.4 Å². The maximum Gasteiger partial charge on any atom is 0.222 e. The summed E-state index contributed by atoms with van der Waals surface area (Å²) in [6.07, 6.45) is 14.6. The summed E-state index contributed by atoms with van der Waals surface area (Å²) in [5.74, 6) is 1.55. The van der Waals surface area contributed by atoms with E-state index in [1.54, 1.807) is 12.3 Å². The number of rotatable bonds is 5. The van der Waals surface area contributed by atoms with Gasteiger partial charge in [0.25, 0.3) is 0 Å². The van der Waals surface area contributed by atoms with Crippen molar-refractivity contribution in [2.75, 3.05) is 49.9 Å². The van der Waals surface area contributed by atoms with E-state index in [4.69, 9.17) is 0 Å². The second-order valence-electron chi connectivity index (χ2n) is 11.6. The number of hydrogen-bond donors (Lipinski definition) is 3. The van der Waals surface area contributed by atoms with E-state index >= 15 is 0 Å². The maximum absolute atomic E-state index is 13.4. The van der Waals surface area contributed by atoms with Crippen molar-refractivity contribution in [3.05, 3.63) is 72.7 Å². The molecule has 0 radical (unpaired) electrons. The van der Waals surface area contributed by atoms with E-state index in [0.717, 1.165) is 100 Å². The average Bonchev–Trinajstić information content (AvgIpc) is 3.03. The van der Waals surface area contributed by atoms with E-state index in [1.165, 1.54) is 12.5 Å². The van der Waals surface area contributed by atoms with Gasteiger partial charge in [0.15, 0.2) is 5.78 Å². The molecule has 0 saturated carbocycles. The Hall–Kier alpha value is -4.15. The Morgan fingerprint density at radius 3 is 2.66 bits per heavy atom. The molecule has 2 aromatic heterocycles. The number of anilines is 3. The Balaban J connectivity index is 1.29. The molecular formula is C34H44N8O2. The summed E-state index contributed by atoms with van der Waals surface area (Å²) in [5.41, 5.74) is 4.15. The summed E-state index contributed by atoms with van der Waals surface area (Å²) in [7, 11) is 0. The third kappa shape index (κ3) is 9.42. The van der Waals surface area contributed by atoms with Gasteiger partial charge in [0.1, 0.15) is 5.82 Å². The van der Waals surface area contributed by atoms with Crippen molar-refractivity contribution in [3.8, 4) is 11.1 Å². The van der Waals surface area contributed by atoms with Crippen LogP contribution in [0.25, 0.3) is 11.1 Å². The number of hydrogen-bond acceptors (Lipinski definition) is 9. The van der Waals surface area contributed by atoms with Gasteiger partial charge < -0.3 is 16.0 Å². The summed E-state index contributed by atoms with van der Waals surface area (Å²) < 4.78 is 0. The molecule has 1 saturated heterocycles. The van der Waals surface area contributed by atoms with Crippen LogP contribution >= 0.6 is 0 Å². The fourth-order valence-corrected chi connectivity index (χ4v) is 5.76. The largest absolute Gasteiger partial charge is 0.356 e. The van der Waals surface area contributed by atoms with Gasteiger partial charge in [0, 0.05) is 82.6 Å². The quantitative estimate of drug-likeness (QED) is 0.358. The third-order valence-electron chi connectivity index (χ3n) is 8.17. The number of carbonyl (C=O) groups excluding carboxylic acids is 2. The number of allylic oxidation sites excluding steroid dienone is 1. The summed E-state index contributed by atoms with van der Waals surface area (Å²) in [6.45, 7) is 7.35. The van der Waals surface area contributed by atoms with Crippen molar-refractivity contribution in [1.82, 2.24) is 30.1 Å². The molecule has 3 aromatic rings. The van der Waals surface area contributed by atoms with E-state index in [0.29, 0.717) is 12.5 Å². The summed E-state index contributed by atoms with van der Waals surface area (Å²) in [5, 5.41) is 9.63. The summed E-state index contributed by atoms with van der Waals surface area (Å²) in [4.78, 5) is 43.0. The molecule has 5 aliphatic rings. The summed E-state index contributed by atoms with van der Waals surface area (Å²) in [6, 6.07) is 12.3. The number of unbranched alkanes of at least 4 members (excludes halogenated alkanes) is 1. The Bertz CT molecular complexity index is 1400. The Morgan fingerprint density at radius 1 is 1.00 bits per heavy atom. The van der Waals surface area contributed by atoms with Crippen LogP contribution in [-0.4, -0.2) is 81.8 Å². The van der Waals surface area contributed by atoms with E-state index in [9.17, 15) is 9.59 Å². The van der Waals surface area contributed by atoms with Crippen LogP contribution in [0.4, 0.5) is 17.5 Å². The number of piperazine rings is 1. The van der Waals surface area contributed by atoms with Gasteiger partial charge in [-0.05, 0) is 80.0 Å². The predicted octanol–water partition coefficient (Wildman–Crippen LogP) is 4.80. The first kappa shape index (κ1) is 31.3. The van der Waals surface area contributed by atoms with Crippen molar-refractivity contribution in [3.63, 3.8) is 0 Å². The number of aromatic nitrogens is 3. The average molecular weight is 597 g/mol. The zero-order chi connectivity index (χ0) is 30.6. The van der Waals surface area contributed by atoms with Crippen molar-refractivity contribution < 1.29 is 9.59 Å². The van der Waals surface area contributed by atoms with Crippen LogP contribution in [-0.2, 0) is 16.1 Å². The van der Waals surface area contributed by atoms with Gasteiger partial charge in [-0.1, -0.05) is 18.2 Å².